The molecule has 0 spiro atoms. The number of amides is 1. The maximum atomic E-state index is 13.0. The van der Waals surface area contributed by atoms with Gasteiger partial charge >= 0.3 is 0 Å². The third-order valence-corrected chi connectivity index (χ3v) is 2.61. The van der Waals surface area contributed by atoms with E-state index < -0.39 is 11.4 Å². The minimum Gasteiger partial charge on any atom is -0.371 e. The highest BCUT2D eigenvalue weighted by atomic mass is 19.1. The van der Waals surface area contributed by atoms with Crippen LogP contribution < -0.4 is 11.1 Å². The Balaban J connectivity index is 2.90. The monoisotopic (exact) mass is 238 g/mol. The molecule has 1 unspecified atom stereocenters. The topological polar surface area (TPSA) is 55.1 Å². The zero-order chi connectivity index (χ0) is 13.1. The molecule has 0 radical (unpaired) electrons. The second kappa shape index (κ2) is 5.17. The van der Waals surface area contributed by atoms with Crippen molar-refractivity contribution >= 4 is 11.6 Å². The fourth-order valence-corrected chi connectivity index (χ4v) is 1.91. The van der Waals surface area contributed by atoms with Gasteiger partial charge in [0.2, 0.25) is 5.91 Å². The van der Waals surface area contributed by atoms with Crippen LogP contribution in [-0.4, -0.2) is 11.4 Å². The van der Waals surface area contributed by atoms with Crippen molar-refractivity contribution in [3.8, 4) is 0 Å². The molecule has 1 atom stereocenters. The van der Waals surface area contributed by atoms with E-state index in [0.29, 0.717) is 18.0 Å². The molecule has 0 bridgehead atoms. The van der Waals surface area contributed by atoms with Crippen LogP contribution in [0, 0.1) is 11.7 Å². The van der Waals surface area contributed by atoms with Gasteiger partial charge in [0.1, 0.15) is 11.4 Å². The highest BCUT2D eigenvalue weighted by Gasteiger charge is 2.31. The van der Waals surface area contributed by atoms with Crippen LogP contribution >= 0.6 is 0 Å². The summed E-state index contributed by atoms with van der Waals surface area (Å²) in [5.41, 5.74) is 5.11. The Morgan fingerprint density at radius 2 is 2.18 bits per heavy atom. The lowest BCUT2D eigenvalue weighted by Gasteiger charge is -2.30. The summed E-state index contributed by atoms with van der Waals surface area (Å²) in [4.78, 5) is 11.5. The number of carbonyl (C=O) groups excluding carboxylic acids is 1. The van der Waals surface area contributed by atoms with Crippen LogP contribution in [0.1, 0.15) is 27.2 Å². The van der Waals surface area contributed by atoms with Gasteiger partial charge in [-0.15, -0.1) is 0 Å². The predicted octanol–water partition coefficient (Wildman–Crippen LogP) is 2.53. The highest BCUT2D eigenvalue weighted by Crippen LogP contribution is 2.22. The third kappa shape index (κ3) is 3.73. The molecule has 3 nitrogen and oxygen atoms in total. The van der Waals surface area contributed by atoms with Crippen LogP contribution in [0.2, 0.25) is 0 Å². The number of hydrogen-bond acceptors (Lipinski definition) is 2. The summed E-state index contributed by atoms with van der Waals surface area (Å²) in [7, 11) is 0. The molecule has 0 heterocycles. The van der Waals surface area contributed by atoms with E-state index in [9.17, 15) is 9.18 Å². The molecule has 0 aliphatic heterocycles. The van der Waals surface area contributed by atoms with Crippen LogP contribution in [0.4, 0.5) is 10.1 Å². The molecule has 0 saturated heterocycles. The Morgan fingerprint density at radius 3 is 2.65 bits per heavy atom. The molecule has 1 amide bonds. The molecule has 0 aliphatic carbocycles. The van der Waals surface area contributed by atoms with Crippen molar-refractivity contribution in [3.63, 3.8) is 0 Å². The second-order valence-electron chi connectivity index (χ2n) is 4.93. The Morgan fingerprint density at radius 1 is 1.53 bits per heavy atom. The Labute approximate surface area is 101 Å². The largest absolute Gasteiger partial charge is 0.371 e. The van der Waals surface area contributed by atoms with E-state index in [4.69, 9.17) is 5.73 Å². The number of nitrogens with one attached hydrogen (secondary N) is 1. The molecule has 1 aromatic rings. The molecule has 17 heavy (non-hydrogen) atoms. The van der Waals surface area contributed by atoms with E-state index in [1.807, 2.05) is 13.8 Å². The van der Waals surface area contributed by atoms with Crippen molar-refractivity contribution < 1.29 is 9.18 Å². The Kier molecular flexibility index (Phi) is 4.10. The quantitative estimate of drug-likeness (QED) is 0.828. The summed E-state index contributed by atoms with van der Waals surface area (Å²) in [6.07, 6.45) is 0.596. The van der Waals surface area contributed by atoms with Gasteiger partial charge in [0.15, 0.2) is 0 Å². The lowest BCUT2D eigenvalue weighted by Crippen LogP contribution is -2.48. The van der Waals surface area contributed by atoms with Gasteiger partial charge in [0.05, 0.1) is 0 Å². The predicted molar refractivity (Wildman–Crippen MR) is 67.1 cm³/mol. The summed E-state index contributed by atoms with van der Waals surface area (Å²) in [6, 6.07) is 6.01. The summed E-state index contributed by atoms with van der Waals surface area (Å²) in [6.45, 7) is 5.75. The number of hydrogen-bond donors (Lipinski definition) is 2. The number of halogens is 1. The zero-order valence-corrected chi connectivity index (χ0v) is 10.5. The molecule has 1 rings (SSSR count). The van der Waals surface area contributed by atoms with Gasteiger partial charge in [-0.1, -0.05) is 19.9 Å². The molecule has 4 heteroatoms. The van der Waals surface area contributed by atoms with Gasteiger partial charge in [-0.3, -0.25) is 4.79 Å². The molecule has 3 N–H and O–H groups in total. The number of primary amides is 1. The minimum absolute atomic E-state index is 0.313. The average Bonchev–Trinajstić information content (AvgIpc) is 2.15. The molecular formula is C13H19FN2O. The molecule has 0 fully saturated rings. The van der Waals surface area contributed by atoms with E-state index in [-0.39, 0.29) is 5.82 Å². The molecular weight excluding hydrogens is 219 g/mol. The maximum absolute atomic E-state index is 13.0. The zero-order valence-electron chi connectivity index (χ0n) is 10.5. The normalized spacial score (nSPS) is 14.4. The van der Waals surface area contributed by atoms with E-state index in [0.717, 1.165) is 0 Å². The Bertz CT molecular complexity index is 406. The number of anilines is 1. The van der Waals surface area contributed by atoms with Gasteiger partial charge in [-0.05, 0) is 37.5 Å². The van der Waals surface area contributed by atoms with Crippen LogP contribution in [0.5, 0.6) is 0 Å². The van der Waals surface area contributed by atoms with Crippen molar-refractivity contribution in [1.29, 1.82) is 0 Å². The fourth-order valence-electron chi connectivity index (χ4n) is 1.91. The van der Waals surface area contributed by atoms with Crippen LogP contribution in [0.25, 0.3) is 0 Å². The molecule has 0 saturated carbocycles. The SMILES string of the molecule is CC(C)CC(C)(Nc1cccc(F)c1)C(N)=O. The first kappa shape index (κ1) is 13.5. The number of carbonyl (C=O) groups is 1. The smallest absolute Gasteiger partial charge is 0.242 e. The fraction of sp³-hybridized carbons (Fsp3) is 0.462. The first-order valence-corrected chi connectivity index (χ1v) is 5.67. The summed E-state index contributed by atoms with van der Waals surface area (Å²) in [5, 5.41) is 3.01. The van der Waals surface area contributed by atoms with E-state index in [2.05, 4.69) is 5.32 Å². The summed E-state index contributed by atoms with van der Waals surface area (Å²) in [5.74, 6) is -0.463. The lowest BCUT2D eigenvalue weighted by molar-refractivity contribution is -0.122. The molecule has 1 aromatic carbocycles. The van der Waals surface area contributed by atoms with Crippen molar-refractivity contribution in [3.05, 3.63) is 30.1 Å². The van der Waals surface area contributed by atoms with Crippen LogP contribution in [-0.2, 0) is 4.79 Å². The van der Waals surface area contributed by atoms with Crippen molar-refractivity contribution in [1.82, 2.24) is 0 Å². The number of rotatable bonds is 5. The first-order valence-electron chi connectivity index (χ1n) is 5.67. The van der Waals surface area contributed by atoms with Gasteiger partial charge in [-0.2, -0.15) is 0 Å². The van der Waals surface area contributed by atoms with E-state index in [1.165, 1.54) is 12.1 Å². The lowest BCUT2D eigenvalue weighted by atomic mass is 9.89. The van der Waals surface area contributed by atoms with Crippen molar-refractivity contribution in [2.24, 2.45) is 11.7 Å². The standard InChI is InChI=1S/C13H19FN2O/c1-9(2)8-13(3,12(15)17)16-11-6-4-5-10(14)7-11/h4-7,9,16H,8H2,1-3H3,(H2,15,17). The summed E-state index contributed by atoms with van der Waals surface area (Å²) >= 11 is 0. The molecule has 94 valence electrons. The average molecular weight is 238 g/mol. The number of nitrogens with two attached hydrogens (primary N) is 1. The first-order chi connectivity index (χ1) is 7.83. The van der Waals surface area contributed by atoms with E-state index in [1.54, 1.807) is 19.1 Å². The van der Waals surface area contributed by atoms with Crippen LogP contribution in [0.3, 0.4) is 0 Å². The van der Waals surface area contributed by atoms with Gasteiger partial charge in [0, 0.05) is 5.69 Å². The molecule has 0 aliphatic rings. The summed E-state index contributed by atoms with van der Waals surface area (Å²) < 4.78 is 13.0. The Hall–Kier alpha value is -1.58. The second-order valence-corrected chi connectivity index (χ2v) is 4.93. The number of benzene rings is 1. The van der Waals surface area contributed by atoms with E-state index >= 15 is 0 Å². The van der Waals surface area contributed by atoms with Crippen LogP contribution in [0.15, 0.2) is 24.3 Å². The third-order valence-electron chi connectivity index (χ3n) is 2.61. The maximum Gasteiger partial charge on any atom is 0.242 e. The minimum atomic E-state index is -0.859. The van der Waals surface area contributed by atoms with Crippen molar-refractivity contribution in [2.75, 3.05) is 5.32 Å². The highest BCUT2D eigenvalue weighted by molar-refractivity contribution is 5.87. The molecule has 0 aromatic heterocycles. The van der Waals surface area contributed by atoms with Gasteiger partial charge in [0.25, 0.3) is 0 Å². The van der Waals surface area contributed by atoms with Gasteiger partial charge in [-0.25, -0.2) is 4.39 Å². The van der Waals surface area contributed by atoms with Crippen molar-refractivity contribution in [2.45, 2.75) is 32.7 Å². The van der Waals surface area contributed by atoms with Gasteiger partial charge < -0.3 is 11.1 Å².